The average molecular weight is 260 g/mol. The third kappa shape index (κ3) is 2.29. The topological polar surface area (TPSA) is 74.1 Å². The van der Waals surface area contributed by atoms with Crippen LogP contribution in [0.15, 0.2) is 18.6 Å². The Labute approximate surface area is 112 Å². The first-order chi connectivity index (χ1) is 9.29. The lowest BCUT2D eigenvalue weighted by atomic mass is 9.99. The van der Waals surface area contributed by atoms with Crippen LogP contribution in [0, 0.1) is 5.92 Å². The Balaban J connectivity index is 1.86. The van der Waals surface area contributed by atoms with Crippen LogP contribution in [0.1, 0.15) is 12.8 Å². The first-order valence-electron chi connectivity index (χ1n) is 6.76. The van der Waals surface area contributed by atoms with Crippen molar-refractivity contribution < 1.29 is 0 Å². The monoisotopic (exact) mass is 260 g/mol. The van der Waals surface area contributed by atoms with Gasteiger partial charge < -0.3 is 10.7 Å². The van der Waals surface area contributed by atoms with E-state index in [1.54, 1.807) is 6.33 Å². The summed E-state index contributed by atoms with van der Waals surface area (Å²) in [5, 5.41) is 5.52. The lowest BCUT2D eigenvalue weighted by Crippen LogP contribution is -2.48. The second-order valence-electron chi connectivity index (χ2n) is 5.12. The summed E-state index contributed by atoms with van der Waals surface area (Å²) in [6.07, 6.45) is 5.92. The van der Waals surface area contributed by atoms with Crippen molar-refractivity contribution >= 4 is 16.9 Å². The number of nitrogens with one attached hydrogen (secondary N) is 1. The van der Waals surface area contributed by atoms with Crippen LogP contribution in [0.25, 0.3) is 11.0 Å². The quantitative estimate of drug-likeness (QED) is 0.860. The molecule has 3 heterocycles. The summed E-state index contributed by atoms with van der Waals surface area (Å²) < 4.78 is 0. The van der Waals surface area contributed by atoms with Crippen molar-refractivity contribution in [3.63, 3.8) is 0 Å². The van der Waals surface area contributed by atoms with Crippen molar-refractivity contribution in [3.05, 3.63) is 18.6 Å². The molecule has 1 fully saturated rings. The molecule has 6 heteroatoms. The van der Waals surface area contributed by atoms with Crippen LogP contribution in [-0.4, -0.2) is 46.6 Å². The van der Waals surface area contributed by atoms with E-state index < -0.39 is 0 Å². The van der Waals surface area contributed by atoms with Crippen molar-refractivity contribution in [1.82, 2.24) is 20.0 Å². The zero-order valence-electron chi connectivity index (χ0n) is 11.2. The lowest BCUT2D eigenvalue weighted by Gasteiger charge is -2.38. The fraction of sp³-hybridized carbons (Fsp3) is 0.538. The zero-order chi connectivity index (χ0) is 13.2. The molecule has 0 aliphatic carbocycles. The maximum atomic E-state index is 5.80. The number of hydrazine groups is 1. The van der Waals surface area contributed by atoms with Gasteiger partial charge in [-0.1, -0.05) is 0 Å². The minimum absolute atomic E-state index is 0.583. The Bertz CT molecular complexity index is 551. The largest absolute Gasteiger partial charge is 0.346 e. The molecular formula is C13H20N6. The van der Waals surface area contributed by atoms with Gasteiger partial charge in [0.25, 0.3) is 0 Å². The average Bonchev–Trinajstić information content (AvgIpc) is 2.95. The number of hydrogen-bond acceptors (Lipinski definition) is 5. The summed E-state index contributed by atoms with van der Waals surface area (Å²) in [4.78, 5) is 11.8. The molecule has 2 aromatic heterocycles. The van der Waals surface area contributed by atoms with Gasteiger partial charge in [0.05, 0.1) is 5.39 Å². The van der Waals surface area contributed by atoms with E-state index in [1.165, 1.54) is 12.8 Å². The molecular weight excluding hydrogens is 240 g/mol. The number of H-pyrrole nitrogens is 1. The van der Waals surface area contributed by atoms with Crippen LogP contribution in [-0.2, 0) is 0 Å². The number of piperidine rings is 1. The molecule has 19 heavy (non-hydrogen) atoms. The van der Waals surface area contributed by atoms with Gasteiger partial charge in [-0.05, 0) is 31.4 Å². The van der Waals surface area contributed by atoms with Gasteiger partial charge in [0.1, 0.15) is 12.0 Å². The molecule has 1 aliphatic rings. The predicted molar refractivity (Wildman–Crippen MR) is 75.6 cm³/mol. The van der Waals surface area contributed by atoms with Gasteiger partial charge in [0, 0.05) is 26.3 Å². The number of rotatable bonds is 3. The van der Waals surface area contributed by atoms with E-state index in [0.717, 1.165) is 36.5 Å². The molecule has 1 unspecified atom stereocenters. The van der Waals surface area contributed by atoms with E-state index in [4.69, 9.17) is 5.73 Å². The maximum Gasteiger partial charge on any atom is 0.155 e. The molecule has 3 N–H and O–H groups in total. The SMILES string of the molecule is CN(c1ncnc2[nH]ccc12)N1CCCC(CN)C1. The summed E-state index contributed by atoms with van der Waals surface area (Å²) in [6.45, 7) is 2.82. The van der Waals surface area contributed by atoms with E-state index in [9.17, 15) is 0 Å². The zero-order valence-corrected chi connectivity index (χ0v) is 11.2. The minimum Gasteiger partial charge on any atom is -0.346 e. The van der Waals surface area contributed by atoms with Crippen molar-refractivity contribution in [1.29, 1.82) is 0 Å². The maximum absolute atomic E-state index is 5.80. The standard InChI is InChI=1S/C13H20N6/c1-18(19-6-2-3-10(7-14)8-19)13-11-4-5-15-12(11)16-9-17-13/h4-5,9-10H,2-3,6-8,14H2,1H3,(H,15,16,17). The van der Waals surface area contributed by atoms with Gasteiger partial charge in [-0.25, -0.2) is 15.0 Å². The van der Waals surface area contributed by atoms with Crippen LogP contribution in [0.3, 0.4) is 0 Å². The second-order valence-corrected chi connectivity index (χ2v) is 5.12. The molecule has 1 aliphatic heterocycles. The van der Waals surface area contributed by atoms with Crippen molar-refractivity contribution in [2.75, 3.05) is 31.7 Å². The molecule has 2 aromatic rings. The summed E-state index contributed by atoms with van der Waals surface area (Å²) in [5.41, 5.74) is 6.68. The smallest absolute Gasteiger partial charge is 0.155 e. The van der Waals surface area contributed by atoms with Gasteiger partial charge in [-0.3, -0.25) is 5.01 Å². The summed E-state index contributed by atoms with van der Waals surface area (Å²) >= 11 is 0. The highest BCUT2D eigenvalue weighted by molar-refractivity contribution is 5.86. The molecule has 0 radical (unpaired) electrons. The highest BCUT2D eigenvalue weighted by Gasteiger charge is 2.23. The number of aromatic nitrogens is 3. The van der Waals surface area contributed by atoms with E-state index in [2.05, 4.69) is 32.0 Å². The number of hydrogen-bond donors (Lipinski definition) is 2. The number of anilines is 1. The molecule has 0 bridgehead atoms. The molecule has 0 spiro atoms. The normalized spacial score (nSPS) is 20.8. The van der Waals surface area contributed by atoms with Crippen LogP contribution in [0.5, 0.6) is 0 Å². The Morgan fingerprint density at radius 1 is 1.53 bits per heavy atom. The van der Waals surface area contributed by atoms with Crippen LogP contribution in [0.2, 0.25) is 0 Å². The van der Waals surface area contributed by atoms with Crippen LogP contribution in [0.4, 0.5) is 5.82 Å². The molecule has 3 rings (SSSR count). The van der Waals surface area contributed by atoms with Gasteiger partial charge in [-0.15, -0.1) is 0 Å². The predicted octanol–water partition coefficient (Wildman–Crippen LogP) is 0.980. The summed E-state index contributed by atoms with van der Waals surface area (Å²) in [5.74, 6) is 1.53. The molecule has 1 atom stereocenters. The van der Waals surface area contributed by atoms with Gasteiger partial charge >= 0.3 is 0 Å². The minimum atomic E-state index is 0.583. The molecule has 1 saturated heterocycles. The Hall–Kier alpha value is -1.66. The second kappa shape index (κ2) is 5.14. The van der Waals surface area contributed by atoms with Crippen molar-refractivity contribution in [2.45, 2.75) is 12.8 Å². The summed E-state index contributed by atoms with van der Waals surface area (Å²) in [6, 6.07) is 2.02. The number of fused-ring (bicyclic) bond motifs is 1. The summed E-state index contributed by atoms with van der Waals surface area (Å²) in [7, 11) is 2.06. The fourth-order valence-corrected chi connectivity index (χ4v) is 2.76. The third-order valence-corrected chi connectivity index (χ3v) is 3.89. The van der Waals surface area contributed by atoms with E-state index in [-0.39, 0.29) is 0 Å². The number of aromatic amines is 1. The van der Waals surface area contributed by atoms with Gasteiger partial charge in [0.2, 0.25) is 0 Å². The Kier molecular flexibility index (Phi) is 3.35. The first kappa shape index (κ1) is 12.4. The molecule has 0 aromatic carbocycles. The number of nitrogens with zero attached hydrogens (tertiary/aromatic N) is 4. The third-order valence-electron chi connectivity index (χ3n) is 3.89. The Morgan fingerprint density at radius 3 is 3.26 bits per heavy atom. The Morgan fingerprint density at radius 2 is 2.42 bits per heavy atom. The molecule has 0 saturated carbocycles. The van der Waals surface area contributed by atoms with Crippen LogP contribution < -0.4 is 10.7 Å². The van der Waals surface area contributed by atoms with E-state index >= 15 is 0 Å². The van der Waals surface area contributed by atoms with E-state index in [1.807, 2.05) is 12.3 Å². The highest BCUT2D eigenvalue weighted by Crippen LogP contribution is 2.25. The highest BCUT2D eigenvalue weighted by atomic mass is 15.6. The lowest BCUT2D eigenvalue weighted by molar-refractivity contribution is 0.170. The fourth-order valence-electron chi connectivity index (χ4n) is 2.76. The van der Waals surface area contributed by atoms with Crippen LogP contribution >= 0.6 is 0 Å². The molecule has 0 amide bonds. The first-order valence-corrected chi connectivity index (χ1v) is 6.76. The van der Waals surface area contributed by atoms with Crippen molar-refractivity contribution in [2.24, 2.45) is 11.7 Å². The number of nitrogens with two attached hydrogens (primary N) is 1. The van der Waals surface area contributed by atoms with Gasteiger partial charge in [0.15, 0.2) is 5.82 Å². The molecule has 102 valence electrons. The van der Waals surface area contributed by atoms with Gasteiger partial charge in [-0.2, -0.15) is 0 Å². The van der Waals surface area contributed by atoms with E-state index in [0.29, 0.717) is 5.92 Å². The molecule has 6 nitrogen and oxygen atoms in total. The van der Waals surface area contributed by atoms with Crippen molar-refractivity contribution in [3.8, 4) is 0 Å².